The molecule has 0 aliphatic heterocycles. The Morgan fingerprint density at radius 3 is 2.71 bits per heavy atom. The second-order valence-electron chi connectivity index (χ2n) is 7.24. The molecule has 0 saturated carbocycles. The highest BCUT2D eigenvalue weighted by Crippen LogP contribution is 2.36. The van der Waals surface area contributed by atoms with Gasteiger partial charge in [0.25, 0.3) is 6.43 Å². The molecular weight excluding hydrogens is 402 g/mol. The van der Waals surface area contributed by atoms with Crippen LogP contribution >= 0.6 is 0 Å². The number of benzene rings is 2. The highest BCUT2D eigenvalue weighted by Gasteiger charge is 2.23. The first-order valence-corrected chi connectivity index (χ1v) is 9.66. The minimum atomic E-state index is -2.65. The van der Waals surface area contributed by atoms with Crippen molar-refractivity contribution in [2.45, 2.75) is 19.5 Å². The number of halogens is 2. The second-order valence-corrected chi connectivity index (χ2v) is 7.24. The molecule has 3 heterocycles. The number of fused-ring (bicyclic) bond motifs is 2. The number of nitrogens with one attached hydrogen (secondary N) is 1. The first-order valence-electron chi connectivity index (χ1n) is 9.66. The molecule has 156 valence electrons. The quantitative estimate of drug-likeness (QED) is 0.433. The van der Waals surface area contributed by atoms with Crippen LogP contribution in [0.5, 0.6) is 5.75 Å². The molecule has 1 atom stereocenters. The molecule has 5 aromatic rings. The largest absolute Gasteiger partial charge is 0.486 e. The van der Waals surface area contributed by atoms with Crippen LogP contribution in [0.4, 0.5) is 8.78 Å². The Labute approximate surface area is 175 Å². The van der Waals surface area contributed by atoms with Crippen LogP contribution in [0.1, 0.15) is 30.6 Å². The predicted molar refractivity (Wildman–Crippen MR) is 112 cm³/mol. The Morgan fingerprint density at radius 1 is 1.10 bits per heavy atom. The van der Waals surface area contributed by atoms with Gasteiger partial charge in [-0.3, -0.25) is 19.7 Å². The summed E-state index contributed by atoms with van der Waals surface area (Å²) in [6, 6.07) is 8.41. The summed E-state index contributed by atoms with van der Waals surface area (Å²) in [5.41, 5.74) is 3.62. The van der Waals surface area contributed by atoms with Crippen molar-refractivity contribution in [2.75, 3.05) is 0 Å². The molecule has 2 aromatic carbocycles. The van der Waals surface area contributed by atoms with E-state index in [2.05, 4.69) is 25.3 Å². The molecule has 0 radical (unpaired) electrons. The second kappa shape index (κ2) is 7.42. The molecule has 0 unspecified atom stereocenters. The smallest absolute Gasteiger partial charge is 0.264 e. The number of alkyl halides is 2. The fraction of sp³-hybridized carbons (Fsp3) is 0.182. The molecule has 0 aliphatic carbocycles. The molecule has 0 fully saturated rings. The van der Waals surface area contributed by atoms with Crippen molar-refractivity contribution in [3.05, 3.63) is 66.2 Å². The van der Waals surface area contributed by atoms with Gasteiger partial charge >= 0.3 is 0 Å². The van der Waals surface area contributed by atoms with E-state index in [1.165, 1.54) is 18.5 Å². The fourth-order valence-electron chi connectivity index (χ4n) is 3.78. The van der Waals surface area contributed by atoms with Gasteiger partial charge in [-0.1, -0.05) is 6.07 Å². The van der Waals surface area contributed by atoms with E-state index in [1.807, 2.05) is 25.4 Å². The Hall–Kier alpha value is -3.88. The maximum atomic E-state index is 13.7. The van der Waals surface area contributed by atoms with Crippen molar-refractivity contribution < 1.29 is 13.5 Å². The molecular formula is C22H18F2N6O. The molecule has 5 rings (SSSR count). The van der Waals surface area contributed by atoms with E-state index >= 15 is 0 Å². The Balaban J connectivity index is 1.55. The van der Waals surface area contributed by atoms with Crippen molar-refractivity contribution in [3.8, 4) is 17.0 Å². The van der Waals surface area contributed by atoms with Crippen molar-refractivity contribution in [2.24, 2.45) is 7.05 Å². The van der Waals surface area contributed by atoms with E-state index in [1.54, 1.807) is 29.9 Å². The third-order valence-corrected chi connectivity index (χ3v) is 5.18. The zero-order valence-corrected chi connectivity index (χ0v) is 16.8. The Bertz CT molecular complexity index is 1390. The molecule has 0 aliphatic rings. The molecule has 3 aromatic heterocycles. The molecule has 9 heteroatoms. The zero-order valence-electron chi connectivity index (χ0n) is 16.8. The Morgan fingerprint density at radius 2 is 1.94 bits per heavy atom. The summed E-state index contributed by atoms with van der Waals surface area (Å²) in [7, 11) is 1.84. The number of rotatable bonds is 5. The number of aromatic nitrogens is 6. The van der Waals surface area contributed by atoms with Gasteiger partial charge in [-0.05, 0) is 31.2 Å². The normalized spacial score (nSPS) is 12.7. The van der Waals surface area contributed by atoms with Crippen molar-refractivity contribution >= 4 is 21.9 Å². The van der Waals surface area contributed by atoms with Gasteiger partial charge in [0, 0.05) is 47.7 Å². The lowest BCUT2D eigenvalue weighted by Crippen LogP contribution is -2.09. The van der Waals surface area contributed by atoms with E-state index in [0.29, 0.717) is 22.3 Å². The van der Waals surface area contributed by atoms with Crippen LogP contribution in [0.15, 0.2) is 55.1 Å². The molecule has 0 bridgehead atoms. The van der Waals surface area contributed by atoms with Gasteiger partial charge in [0.15, 0.2) is 0 Å². The summed E-state index contributed by atoms with van der Waals surface area (Å²) in [4.78, 5) is 8.51. The van der Waals surface area contributed by atoms with E-state index in [9.17, 15) is 8.78 Å². The number of H-pyrrole nitrogens is 1. The van der Waals surface area contributed by atoms with Crippen LogP contribution in [-0.2, 0) is 7.05 Å². The van der Waals surface area contributed by atoms with E-state index in [0.717, 1.165) is 22.2 Å². The molecule has 0 spiro atoms. The lowest BCUT2D eigenvalue weighted by Gasteiger charge is -2.19. The number of hydrogen-bond acceptors (Lipinski definition) is 5. The highest BCUT2D eigenvalue weighted by atomic mass is 19.3. The summed E-state index contributed by atoms with van der Waals surface area (Å²) >= 11 is 0. The third kappa shape index (κ3) is 3.37. The van der Waals surface area contributed by atoms with E-state index < -0.39 is 12.5 Å². The number of nitrogens with zero attached hydrogens (tertiary/aromatic N) is 5. The van der Waals surface area contributed by atoms with Crippen LogP contribution < -0.4 is 4.74 Å². The van der Waals surface area contributed by atoms with Crippen LogP contribution in [0, 0.1) is 0 Å². The van der Waals surface area contributed by atoms with Gasteiger partial charge in [0.05, 0.1) is 22.7 Å². The van der Waals surface area contributed by atoms with Crippen LogP contribution in [0.2, 0.25) is 0 Å². The van der Waals surface area contributed by atoms with Gasteiger partial charge in [0.1, 0.15) is 17.5 Å². The number of aryl methyl sites for hydroxylation is 1. The zero-order chi connectivity index (χ0) is 21.5. The van der Waals surface area contributed by atoms with E-state index in [4.69, 9.17) is 4.74 Å². The van der Waals surface area contributed by atoms with Crippen LogP contribution in [-0.4, -0.2) is 29.9 Å². The average Bonchev–Trinajstić information content (AvgIpc) is 3.38. The molecule has 0 saturated heterocycles. The van der Waals surface area contributed by atoms with E-state index in [-0.39, 0.29) is 5.56 Å². The monoisotopic (exact) mass is 420 g/mol. The molecule has 1 N–H and O–H groups in total. The first kappa shape index (κ1) is 19.1. The summed E-state index contributed by atoms with van der Waals surface area (Å²) in [6.45, 7) is 1.73. The first-order chi connectivity index (χ1) is 15.0. The van der Waals surface area contributed by atoms with Crippen molar-refractivity contribution in [1.82, 2.24) is 29.9 Å². The lowest BCUT2D eigenvalue weighted by atomic mass is 10.0. The minimum absolute atomic E-state index is 0.110. The van der Waals surface area contributed by atoms with Crippen LogP contribution in [0.3, 0.4) is 0 Å². The van der Waals surface area contributed by atoms with Gasteiger partial charge in [-0.2, -0.15) is 10.2 Å². The fourth-order valence-corrected chi connectivity index (χ4v) is 3.78. The van der Waals surface area contributed by atoms with Gasteiger partial charge in [-0.15, -0.1) is 0 Å². The number of ether oxygens (including phenoxy) is 1. The maximum Gasteiger partial charge on any atom is 0.264 e. The van der Waals surface area contributed by atoms with Crippen LogP contribution in [0.25, 0.3) is 33.2 Å². The predicted octanol–water partition coefficient (Wildman–Crippen LogP) is 4.98. The summed E-state index contributed by atoms with van der Waals surface area (Å²) in [6.07, 6.45) is 3.31. The SMILES string of the molecule is C[C@@H](Oc1ccc2[nH]nc(-c3cnn(C)c3)c2c1)c1c(C(F)F)ccc2nccnc12. The lowest BCUT2D eigenvalue weighted by molar-refractivity contribution is 0.144. The number of hydrogen-bond donors (Lipinski definition) is 1. The summed E-state index contributed by atoms with van der Waals surface area (Å²) in [5.74, 6) is 0.535. The average molecular weight is 420 g/mol. The molecule has 31 heavy (non-hydrogen) atoms. The maximum absolute atomic E-state index is 13.7. The van der Waals surface area contributed by atoms with Gasteiger partial charge < -0.3 is 4.74 Å². The summed E-state index contributed by atoms with van der Waals surface area (Å²) in [5, 5.41) is 12.4. The van der Waals surface area contributed by atoms with Crippen molar-refractivity contribution in [3.63, 3.8) is 0 Å². The topological polar surface area (TPSA) is 81.5 Å². The molecule has 7 nitrogen and oxygen atoms in total. The standard InChI is InChI=1S/C22H18F2N6O/c1-12(19-15(22(23)24)4-6-18-21(19)26-8-7-25-18)31-14-3-5-17-16(9-14)20(29-28-17)13-10-27-30(2)11-13/h3-12,22H,1-2H3,(H,28,29)/t12-/m1/s1. The van der Waals surface area contributed by atoms with Crippen molar-refractivity contribution in [1.29, 1.82) is 0 Å². The Kier molecular flexibility index (Phi) is 4.58. The molecule has 0 amide bonds. The van der Waals surface area contributed by atoms with Gasteiger partial charge in [-0.25, -0.2) is 8.78 Å². The minimum Gasteiger partial charge on any atom is -0.486 e. The van der Waals surface area contributed by atoms with Gasteiger partial charge in [0.2, 0.25) is 0 Å². The third-order valence-electron chi connectivity index (χ3n) is 5.18. The number of aromatic amines is 1. The summed E-state index contributed by atoms with van der Waals surface area (Å²) < 4.78 is 35.3. The highest BCUT2D eigenvalue weighted by molar-refractivity contribution is 5.93.